The van der Waals surface area contributed by atoms with Gasteiger partial charge in [-0.2, -0.15) is 0 Å². The van der Waals surface area contributed by atoms with Crippen molar-refractivity contribution in [3.8, 4) is 0 Å². The largest absolute Gasteiger partial charge is 0.478 e. The van der Waals surface area contributed by atoms with Crippen LogP contribution in [-0.4, -0.2) is 35.4 Å². The molecule has 0 radical (unpaired) electrons. The van der Waals surface area contributed by atoms with E-state index in [1.165, 1.54) is 0 Å². The minimum Gasteiger partial charge on any atom is -0.478 e. The normalized spacial score (nSPS) is 20.8. The first-order valence-corrected chi connectivity index (χ1v) is 6.95. The molecule has 1 fully saturated rings. The Kier molecular flexibility index (Phi) is 3.73. The van der Waals surface area contributed by atoms with Crippen LogP contribution in [0.3, 0.4) is 0 Å². The lowest BCUT2D eigenvalue weighted by molar-refractivity contribution is -0.133. The van der Waals surface area contributed by atoms with Crippen LogP contribution in [0.15, 0.2) is 18.2 Å². The van der Waals surface area contributed by atoms with Crippen LogP contribution >= 0.6 is 11.6 Å². The highest BCUT2D eigenvalue weighted by atomic mass is 35.5. The molecule has 1 aliphatic rings. The number of hydrogen-bond acceptors (Lipinski definition) is 3. The molecule has 110 valence electrons. The van der Waals surface area contributed by atoms with Crippen molar-refractivity contribution >= 4 is 23.3 Å². The number of carboxylic acid groups (broad SMARTS) is 1. The summed E-state index contributed by atoms with van der Waals surface area (Å²) in [6.07, 6.45) is 0. The molecule has 0 bridgehead atoms. The molecule has 0 saturated carbocycles. The first kappa shape index (κ1) is 15.1. The first-order valence-electron chi connectivity index (χ1n) is 6.58. The summed E-state index contributed by atoms with van der Waals surface area (Å²) >= 11 is 6.03. The zero-order chi connectivity index (χ0) is 15.1. The van der Waals surface area contributed by atoms with Crippen LogP contribution in [0.4, 0.5) is 5.69 Å². The lowest BCUT2D eigenvalue weighted by Gasteiger charge is -2.48. The van der Waals surface area contributed by atoms with Crippen molar-refractivity contribution in [2.24, 2.45) is 0 Å². The second kappa shape index (κ2) is 4.93. The third kappa shape index (κ3) is 3.25. The molecule has 0 spiro atoms. The van der Waals surface area contributed by atoms with E-state index in [1.54, 1.807) is 18.2 Å². The van der Waals surface area contributed by atoms with Gasteiger partial charge >= 0.3 is 5.97 Å². The summed E-state index contributed by atoms with van der Waals surface area (Å²) in [4.78, 5) is 13.4. The maximum Gasteiger partial charge on any atom is 0.337 e. The van der Waals surface area contributed by atoms with E-state index in [4.69, 9.17) is 16.3 Å². The second-order valence-corrected chi connectivity index (χ2v) is 6.88. The van der Waals surface area contributed by atoms with E-state index in [0.717, 1.165) is 0 Å². The van der Waals surface area contributed by atoms with Crippen molar-refractivity contribution in [2.45, 2.75) is 38.9 Å². The van der Waals surface area contributed by atoms with Crippen LogP contribution in [-0.2, 0) is 4.74 Å². The number of rotatable bonds is 2. The van der Waals surface area contributed by atoms with Crippen molar-refractivity contribution in [3.63, 3.8) is 0 Å². The van der Waals surface area contributed by atoms with Gasteiger partial charge in [0.2, 0.25) is 0 Å². The van der Waals surface area contributed by atoms with Crippen molar-refractivity contribution in [2.75, 3.05) is 18.0 Å². The fraction of sp³-hybridized carbons (Fsp3) is 0.533. The molecule has 1 aromatic carbocycles. The molecule has 1 aromatic rings. The van der Waals surface area contributed by atoms with E-state index in [0.29, 0.717) is 23.8 Å². The first-order chi connectivity index (χ1) is 9.10. The number of carboxylic acids is 1. The van der Waals surface area contributed by atoms with Crippen LogP contribution in [0.25, 0.3) is 0 Å². The standard InChI is InChI=1S/C15H20ClNO3/c1-14(2)8-17(9-15(3,4)20-14)12-7-10(16)5-6-11(12)13(18)19/h5-7H,8-9H2,1-4H3,(H,18,19). The summed E-state index contributed by atoms with van der Waals surface area (Å²) < 4.78 is 6.02. The van der Waals surface area contributed by atoms with Gasteiger partial charge in [-0.05, 0) is 45.9 Å². The number of ether oxygens (including phenoxy) is 1. The predicted molar refractivity (Wildman–Crippen MR) is 79.9 cm³/mol. The van der Waals surface area contributed by atoms with Gasteiger partial charge in [0.1, 0.15) is 0 Å². The molecule has 0 aromatic heterocycles. The molecule has 0 aliphatic carbocycles. The van der Waals surface area contributed by atoms with Gasteiger partial charge in [0, 0.05) is 18.1 Å². The minimum absolute atomic E-state index is 0.267. The number of benzene rings is 1. The van der Waals surface area contributed by atoms with Crippen molar-refractivity contribution in [3.05, 3.63) is 28.8 Å². The summed E-state index contributed by atoms with van der Waals surface area (Å²) in [5.74, 6) is -0.946. The maximum absolute atomic E-state index is 11.4. The zero-order valence-corrected chi connectivity index (χ0v) is 13.0. The van der Waals surface area contributed by atoms with Crippen LogP contribution in [0.5, 0.6) is 0 Å². The molecule has 20 heavy (non-hydrogen) atoms. The Morgan fingerprint density at radius 3 is 2.30 bits per heavy atom. The molecule has 0 amide bonds. The molecular weight excluding hydrogens is 278 g/mol. The average Bonchev–Trinajstić information content (AvgIpc) is 2.24. The number of morpholine rings is 1. The van der Waals surface area contributed by atoms with Gasteiger partial charge in [-0.25, -0.2) is 4.79 Å². The summed E-state index contributed by atoms with van der Waals surface area (Å²) in [7, 11) is 0. The van der Waals surface area contributed by atoms with E-state index < -0.39 is 5.97 Å². The fourth-order valence-corrected chi connectivity index (χ4v) is 3.07. The van der Waals surface area contributed by atoms with E-state index in [1.807, 2.05) is 32.6 Å². The molecule has 4 nitrogen and oxygen atoms in total. The Morgan fingerprint density at radius 2 is 1.80 bits per heavy atom. The molecule has 5 heteroatoms. The lowest BCUT2D eigenvalue weighted by Crippen LogP contribution is -2.57. The Hall–Kier alpha value is -1.26. The summed E-state index contributed by atoms with van der Waals surface area (Å²) in [5, 5.41) is 9.88. The number of anilines is 1. The zero-order valence-electron chi connectivity index (χ0n) is 12.2. The van der Waals surface area contributed by atoms with Crippen LogP contribution in [0, 0.1) is 0 Å². The summed E-state index contributed by atoms with van der Waals surface area (Å²) in [5.41, 5.74) is 0.219. The second-order valence-electron chi connectivity index (χ2n) is 6.44. The molecule has 1 N–H and O–H groups in total. The van der Waals surface area contributed by atoms with Crippen LogP contribution in [0.2, 0.25) is 5.02 Å². The minimum atomic E-state index is -0.946. The number of carbonyl (C=O) groups is 1. The van der Waals surface area contributed by atoms with E-state index in [9.17, 15) is 9.90 Å². The average molecular weight is 298 g/mol. The molecule has 1 saturated heterocycles. The Bertz CT molecular complexity index is 524. The molecule has 1 aliphatic heterocycles. The monoisotopic (exact) mass is 297 g/mol. The number of aromatic carboxylic acids is 1. The molecule has 0 unspecified atom stereocenters. The molecular formula is C15H20ClNO3. The highest BCUT2D eigenvalue weighted by Gasteiger charge is 2.39. The van der Waals surface area contributed by atoms with Crippen LogP contribution in [0.1, 0.15) is 38.1 Å². The van der Waals surface area contributed by atoms with Gasteiger partial charge in [-0.15, -0.1) is 0 Å². The van der Waals surface area contributed by atoms with Crippen molar-refractivity contribution in [1.29, 1.82) is 0 Å². The summed E-state index contributed by atoms with van der Waals surface area (Å²) in [6.45, 7) is 9.27. The smallest absolute Gasteiger partial charge is 0.337 e. The third-order valence-corrected chi connectivity index (χ3v) is 3.46. The SMILES string of the molecule is CC1(C)CN(c2cc(Cl)ccc2C(=O)O)CC(C)(C)O1. The van der Waals surface area contributed by atoms with Gasteiger partial charge in [0.05, 0.1) is 22.5 Å². The lowest BCUT2D eigenvalue weighted by atomic mass is 9.97. The number of hydrogen-bond donors (Lipinski definition) is 1. The Morgan fingerprint density at radius 1 is 1.25 bits per heavy atom. The van der Waals surface area contributed by atoms with Gasteiger partial charge in [-0.3, -0.25) is 0 Å². The van der Waals surface area contributed by atoms with Crippen molar-refractivity contribution < 1.29 is 14.6 Å². The highest BCUT2D eigenvalue weighted by molar-refractivity contribution is 6.31. The number of nitrogens with zero attached hydrogens (tertiary/aromatic N) is 1. The Labute approximate surface area is 124 Å². The van der Waals surface area contributed by atoms with Crippen molar-refractivity contribution in [1.82, 2.24) is 0 Å². The van der Waals surface area contributed by atoms with E-state index >= 15 is 0 Å². The Balaban J connectivity index is 2.45. The molecule has 0 atom stereocenters. The third-order valence-electron chi connectivity index (χ3n) is 3.23. The maximum atomic E-state index is 11.4. The molecule has 2 rings (SSSR count). The highest BCUT2D eigenvalue weighted by Crippen LogP contribution is 2.34. The van der Waals surface area contributed by atoms with E-state index in [2.05, 4.69) is 0 Å². The number of halogens is 1. The van der Waals surface area contributed by atoms with Crippen LogP contribution < -0.4 is 4.90 Å². The molecule has 1 heterocycles. The van der Waals surface area contributed by atoms with Gasteiger partial charge in [-0.1, -0.05) is 11.6 Å². The van der Waals surface area contributed by atoms with Gasteiger partial charge in [0.15, 0.2) is 0 Å². The predicted octanol–water partition coefficient (Wildman–Crippen LogP) is 3.43. The van der Waals surface area contributed by atoms with Gasteiger partial charge in [0.25, 0.3) is 0 Å². The fourth-order valence-electron chi connectivity index (χ4n) is 2.91. The topological polar surface area (TPSA) is 49.8 Å². The van der Waals surface area contributed by atoms with Gasteiger partial charge < -0.3 is 14.7 Å². The van der Waals surface area contributed by atoms with E-state index in [-0.39, 0.29) is 16.8 Å². The summed E-state index contributed by atoms with van der Waals surface area (Å²) in [6, 6.07) is 4.86. The quantitative estimate of drug-likeness (QED) is 0.908.